The third kappa shape index (κ3) is 2.16. The van der Waals surface area contributed by atoms with Crippen LogP contribution in [0.15, 0.2) is 0 Å². The third-order valence-electron chi connectivity index (χ3n) is 3.75. The quantitative estimate of drug-likeness (QED) is 0.679. The van der Waals surface area contributed by atoms with E-state index >= 15 is 0 Å². The highest BCUT2D eigenvalue weighted by Gasteiger charge is 2.26. The number of aromatic amines is 1. The molecule has 22 heavy (non-hydrogen) atoms. The largest absolute Gasteiger partial charge is 0.359 e. The number of pyridine rings is 1. The minimum Gasteiger partial charge on any atom is -0.359 e. The minimum absolute atomic E-state index is 0.146. The second-order valence-electron chi connectivity index (χ2n) is 4.89. The summed E-state index contributed by atoms with van der Waals surface area (Å²) in [6.45, 7) is 10.6. The van der Waals surface area contributed by atoms with Gasteiger partial charge in [0.1, 0.15) is 22.7 Å². The van der Waals surface area contributed by atoms with Gasteiger partial charge in [0.05, 0.1) is 24.4 Å². The van der Waals surface area contributed by atoms with Gasteiger partial charge in [-0.25, -0.2) is 9.83 Å². The van der Waals surface area contributed by atoms with Gasteiger partial charge in [-0.3, -0.25) is 0 Å². The smallest absolute Gasteiger partial charge is 0.232 e. The first-order valence-electron chi connectivity index (χ1n) is 6.83. The van der Waals surface area contributed by atoms with Gasteiger partial charge >= 0.3 is 0 Å². The van der Waals surface area contributed by atoms with E-state index < -0.39 is 0 Å². The fraction of sp³-hybridized carbons (Fsp3) is 0.357. The van der Waals surface area contributed by atoms with E-state index in [1.54, 1.807) is 0 Å². The Morgan fingerprint density at radius 3 is 2.91 bits per heavy atom. The molecule has 7 nitrogen and oxygen atoms in total. The summed E-state index contributed by atoms with van der Waals surface area (Å²) in [5.74, 6) is 0.518. The van der Waals surface area contributed by atoms with Crippen LogP contribution in [0.2, 0.25) is 5.15 Å². The molecular weight excluding hydrogens is 302 g/mol. The Kier molecular flexibility index (Phi) is 3.66. The lowest BCUT2D eigenvalue weighted by atomic mass is 10.0. The van der Waals surface area contributed by atoms with Gasteiger partial charge in [0.15, 0.2) is 0 Å². The minimum atomic E-state index is 0.146. The van der Waals surface area contributed by atoms with E-state index in [-0.39, 0.29) is 10.7 Å². The monoisotopic (exact) mass is 313 g/mol. The number of rotatable bonds is 2. The van der Waals surface area contributed by atoms with E-state index in [0.717, 1.165) is 17.8 Å². The fourth-order valence-electron chi connectivity index (χ4n) is 2.66. The summed E-state index contributed by atoms with van der Waals surface area (Å²) in [6.07, 6.45) is 1.28. The number of nitrogens with zero attached hydrogens (tertiary/aromatic N) is 6. The molecule has 3 rings (SSSR count). The van der Waals surface area contributed by atoms with Gasteiger partial charge in [-0.1, -0.05) is 18.5 Å². The number of nitrogens with one attached hydrogen (secondary N) is 1. The van der Waals surface area contributed by atoms with Gasteiger partial charge < -0.3 is 4.90 Å². The van der Waals surface area contributed by atoms with Crippen molar-refractivity contribution in [2.24, 2.45) is 0 Å². The maximum Gasteiger partial charge on any atom is 0.232 e. The average molecular weight is 314 g/mol. The van der Waals surface area contributed by atoms with E-state index in [9.17, 15) is 5.26 Å². The van der Waals surface area contributed by atoms with Gasteiger partial charge in [-0.2, -0.15) is 20.7 Å². The molecule has 0 aromatic carbocycles. The molecule has 0 amide bonds. The van der Waals surface area contributed by atoms with Crippen LogP contribution in [0, 0.1) is 17.9 Å². The molecule has 8 heteroatoms. The molecule has 1 aliphatic rings. The first-order valence-corrected chi connectivity index (χ1v) is 7.20. The second-order valence-corrected chi connectivity index (χ2v) is 5.25. The molecule has 110 valence electrons. The van der Waals surface area contributed by atoms with Gasteiger partial charge in [0.25, 0.3) is 0 Å². The summed E-state index contributed by atoms with van der Waals surface area (Å²) in [7, 11) is 0. The van der Waals surface area contributed by atoms with Gasteiger partial charge in [0.2, 0.25) is 5.69 Å². The lowest BCUT2D eigenvalue weighted by molar-refractivity contribution is 0.702. The normalized spacial score (nSPS) is 13.4. The van der Waals surface area contributed by atoms with Crippen LogP contribution in [0.5, 0.6) is 0 Å². The van der Waals surface area contributed by atoms with E-state index in [2.05, 4.69) is 25.2 Å². The standard InChI is InChI=1S/C14H12ClN7/c1-3-8-9(6-16)13(15)18-14(12(8)17-2)22-5-4-10-11(7-22)20-21-19-10/h3-5,7H2,1H3,(H,19,20,21). The van der Waals surface area contributed by atoms with Crippen LogP contribution < -0.4 is 4.90 Å². The first kappa shape index (κ1) is 14.3. The van der Waals surface area contributed by atoms with Crippen molar-refractivity contribution in [3.63, 3.8) is 0 Å². The highest BCUT2D eigenvalue weighted by molar-refractivity contribution is 6.31. The summed E-state index contributed by atoms with van der Waals surface area (Å²) < 4.78 is 0. The van der Waals surface area contributed by atoms with Crippen molar-refractivity contribution in [3.8, 4) is 6.07 Å². The molecule has 0 radical (unpaired) electrons. The highest BCUT2D eigenvalue weighted by Crippen LogP contribution is 2.37. The number of nitriles is 1. The molecule has 3 heterocycles. The molecule has 2 aromatic heterocycles. The summed E-state index contributed by atoms with van der Waals surface area (Å²) in [5.41, 5.74) is 3.13. The number of aromatic nitrogens is 4. The van der Waals surface area contributed by atoms with Crippen LogP contribution in [0.3, 0.4) is 0 Å². The van der Waals surface area contributed by atoms with Crippen molar-refractivity contribution in [3.05, 3.63) is 39.1 Å². The van der Waals surface area contributed by atoms with Crippen LogP contribution in [0.1, 0.15) is 29.4 Å². The molecule has 0 unspecified atom stereocenters. The van der Waals surface area contributed by atoms with Crippen LogP contribution in [0.25, 0.3) is 4.85 Å². The molecule has 0 atom stereocenters. The highest BCUT2D eigenvalue weighted by atomic mass is 35.5. The third-order valence-corrected chi connectivity index (χ3v) is 4.02. The predicted octanol–water partition coefficient (Wildman–Crippen LogP) is 2.40. The summed E-state index contributed by atoms with van der Waals surface area (Å²) in [4.78, 5) is 9.87. The molecule has 0 saturated heterocycles. The van der Waals surface area contributed by atoms with Crippen molar-refractivity contribution in [1.29, 1.82) is 5.26 Å². The average Bonchev–Trinajstić information content (AvgIpc) is 3.01. The maximum atomic E-state index is 9.24. The number of fused-ring (bicyclic) bond motifs is 1. The Morgan fingerprint density at radius 2 is 2.23 bits per heavy atom. The van der Waals surface area contributed by atoms with Crippen molar-refractivity contribution in [1.82, 2.24) is 20.4 Å². The Morgan fingerprint density at radius 1 is 1.45 bits per heavy atom. The molecule has 0 fully saturated rings. The van der Waals surface area contributed by atoms with Crippen molar-refractivity contribution >= 4 is 23.1 Å². The second kappa shape index (κ2) is 5.63. The lowest BCUT2D eigenvalue weighted by Gasteiger charge is -2.28. The van der Waals surface area contributed by atoms with Gasteiger partial charge in [-0.15, -0.1) is 0 Å². The lowest BCUT2D eigenvalue weighted by Crippen LogP contribution is -2.31. The van der Waals surface area contributed by atoms with Crippen LogP contribution in [-0.2, 0) is 19.4 Å². The molecule has 1 aliphatic heterocycles. The van der Waals surface area contributed by atoms with E-state index in [0.29, 0.717) is 36.6 Å². The molecule has 0 spiro atoms. The van der Waals surface area contributed by atoms with Gasteiger partial charge in [-0.05, 0) is 12.0 Å². The van der Waals surface area contributed by atoms with Crippen molar-refractivity contribution in [2.75, 3.05) is 11.4 Å². The predicted molar refractivity (Wildman–Crippen MR) is 80.7 cm³/mol. The van der Waals surface area contributed by atoms with E-state index in [1.807, 2.05) is 17.9 Å². The van der Waals surface area contributed by atoms with Crippen molar-refractivity contribution < 1.29 is 0 Å². The summed E-state index contributed by atoms with van der Waals surface area (Å²) in [5, 5.41) is 20.2. The Balaban J connectivity index is 2.11. The molecule has 1 N–H and O–H groups in total. The van der Waals surface area contributed by atoms with Crippen LogP contribution in [0.4, 0.5) is 11.5 Å². The van der Waals surface area contributed by atoms with Crippen molar-refractivity contribution in [2.45, 2.75) is 26.3 Å². The topological polar surface area (TPSA) is 85.8 Å². The number of halogens is 1. The van der Waals surface area contributed by atoms with Crippen LogP contribution >= 0.6 is 11.6 Å². The summed E-state index contributed by atoms with van der Waals surface area (Å²) >= 11 is 6.14. The fourth-order valence-corrected chi connectivity index (χ4v) is 2.89. The van der Waals surface area contributed by atoms with E-state index in [1.165, 1.54) is 0 Å². The zero-order chi connectivity index (χ0) is 15.7. The van der Waals surface area contributed by atoms with Crippen LogP contribution in [-0.4, -0.2) is 26.9 Å². The molecule has 0 saturated carbocycles. The number of anilines is 1. The maximum absolute atomic E-state index is 9.24. The Labute approximate surface area is 132 Å². The SMILES string of the molecule is [C-]#[N+]c1c(N2CCc3n[nH]nc3C2)nc(Cl)c(C#N)c1CC. The molecular formula is C14H12ClN7. The molecule has 2 aromatic rings. The molecule has 0 aliphatic carbocycles. The van der Waals surface area contributed by atoms with Gasteiger partial charge in [0, 0.05) is 13.0 Å². The Hall–Kier alpha value is -2.64. The zero-order valence-electron chi connectivity index (χ0n) is 11.9. The summed E-state index contributed by atoms with van der Waals surface area (Å²) in [6, 6.07) is 2.05. The number of H-pyrrole nitrogens is 1. The van der Waals surface area contributed by atoms with E-state index in [4.69, 9.17) is 18.2 Å². The first-order chi connectivity index (χ1) is 10.7. The zero-order valence-corrected chi connectivity index (χ0v) is 12.6. The number of hydrogen-bond acceptors (Lipinski definition) is 5. The molecule has 0 bridgehead atoms. The Bertz CT molecular complexity index is 812. The number of hydrogen-bond donors (Lipinski definition) is 1.